The van der Waals surface area contributed by atoms with E-state index in [1.54, 1.807) is 50.3 Å². The second kappa shape index (κ2) is 10.3. The van der Waals surface area contributed by atoms with Gasteiger partial charge < -0.3 is 9.66 Å². The number of carbonyl (C=O) groups excluding carboxylic acids is 1. The van der Waals surface area contributed by atoms with E-state index in [1.807, 2.05) is 13.8 Å². The van der Waals surface area contributed by atoms with E-state index in [2.05, 4.69) is 0 Å². The van der Waals surface area contributed by atoms with Gasteiger partial charge in [0, 0.05) is 11.1 Å². The largest absolute Gasteiger partial charge is 1.00 e. The first kappa shape index (κ1) is 26.3. The fourth-order valence-electron chi connectivity index (χ4n) is 3.89. The van der Waals surface area contributed by atoms with Gasteiger partial charge in [-0.05, 0) is 90.4 Å². The van der Waals surface area contributed by atoms with Crippen LogP contribution < -0.4 is 29.6 Å². The van der Waals surface area contributed by atoms with Crippen LogP contribution in [-0.2, 0) is 21.3 Å². The normalized spacial score (nSPS) is 15.6. The Kier molecular flexibility index (Phi) is 8.48. The number of carbonyl (C=O) groups is 1. The molecule has 1 N–H and O–H groups in total. The molecule has 162 valence electrons. The molecule has 0 radical (unpaired) electrons. The first-order valence-corrected chi connectivity index (χ1v) is 11.5. The SMILES string of the molecule is CCC1=C/C(=C(\c2cc(C)c(O)c(CC)c2)c2ccccc2S(=O)(=O)[O-])C=C(C)C1=O.[Na+]. The summed E-state index contributed by atoms with van der Waals surface area (Å²) in [7, 11) is -4.74. The van der Waals surface area contributed by atoms with E-state index >= 15 is 0 Å². The number of aryl methyl sites for hydroxylation is 2. The molecular weight excluding hydrogens is 435 g/mol. The number of aromatic hydroxyl groups is 1. The smallest absolute Gasteiger partial charge is 0.744 e. The van der Waals surface area contributed by atoms with Crippen molar-refractivity contribution in [3.63, 3.8) is 0 Å². The number of ketones is 1. The number of Topliss-reactive ketones (excluding diaryl/α,β-unsaturated/α-hetero) is 1. The van der Waals surface area contributed by atoms with Crippen LogP contribution in [0.5, 0.6) is 5.75 Å². The molecule has 0 heterocycles. The standard InChI is InChI=1S/C25H26O5S.Na/c1-5-17-13-19(11-15(3)24(17)26)23(20-12-16(4)25(27)18(6-2)14-20)21-9-7-8-10-22(21)31(28,29)30;/h7-14,26H,5-6H2,1-4H3,(H,28,29,30);/q;+1/p-1/b23-20+;. The van der Waals surface area contributed by atoms with Crippen molar-refractivity contribution in [1.29, 1.82) is 0 Å². The van der Waals surface area contributed by atoms with Gasteiger partial charge in [-0.25, -0.2) is 8.42 Å². The number of phenols is 1. The third-order valence-corrected chi connectivity index (χ3v) is 6.39. The van der Waals surface area contributed by atoms with Crippen molar-refractivity contribution in [2.45, 2.75) is 45.4 Å². The minimum absolute atomic E-state index is 0. The van der Waals surface area contributed by atoms with Gasteiger partial charge in [0.15, 0.2) is 5.78 Å². The van der Waals surface area contributed by atoms with Crippen molar-refractivity contribution in [3.05, 3.63) is 87.5 Å². The van der Waals surface area contributed by atoms with Crippen molar-refractivity contribution >= 4 is 21.5 Å². The molecule has 7 heteroatoms. The minimum atomic E-state index is -4.74. The molecule has 5 nitrogen and oxygen atoms in total. The monoisotopic (exact) mass is 460 g/mol. The molecule has 2 aromatic carbocycles. The Bertz CT molecular complexity index is 1270. The fraction of sp³-hybridized carbons (Fsp3) is 0.240. The summed E-state index contributed by atoms with van der Waals surface area (Å²) in [5.41, 5.74) is 4.63. The van der Waals surface area contributed by atoms with E-state index < -0.39 is 10.1 Å². The molecule has 0 unspecified atom stereocenters. The van der Waals surface area contributed by atoms with Gasteiger partial charge in [-0.15, -0.1) is 0 Å². The number of rotatable bonds is 5. The molecule has 1 aliphatic rings. The maximum atomic E-state index is 12.5. The zero-order chi connectivity index (χ0) is 22.9. The van der Waals surface area contributed by atoms with Crippen LogP contribution in [0.15, 0.2) is 70.2 Å². The third-order valence-electron chi connectivity index (χ3n) is 5.50. The molecule has 0 amide bonds. The van der Waals surface area contributed by atoms with Crippen molar-refractivity contribution < 1.29 is 52.4 Å². The Balaban J connectivity index is 0.00000363. The van der Waals surface area contributed by atoms with Gasteiger partial charge in [-0.2, -0.15) is 0 Å². The summed E-state index contributed by atoms with van der Waals surface area (Å²) >= 11 is 0. The summed E-state index contributed by atoms with van der Waals surface area (Å²) in [4.78, 5) is 12.2. The molecule has 32 heavy (non-hydrogen) atoms. The van der Waals surface area contributed by atoms with Crippen LogP contribution in [0, 0.1) is 6.92 Å². The van der Waals surface area contributed by atoms with Crippen LogP contribution in [0.4, 0.5) is 0 Å². The molecule has 0 fully saturated rings. The van der Waals surface area contributed by atoms with E-state index in [-0.39, 0.29) is 51.5 Å². The van der Waals surface area contributed by atoms with Crippen LogP contribution in [0.1, 0.15) is 49.4 Å². The van der Waals surface area contributed by atoms with E-state index in [0.717, 1.165) is 0 Å². The molecular formula is C25H25NaO5S. The predicted octanol–water partition coefficient (Wildman–Crippen LogP) is 1.84. The molecule has 0 aromatic heterocycles. The maximum absolute atomic E-state index is 12.5. The first-order chi connectivity index (χ1) is 14.6. The maximum Gasteiger partial charge on any atom is 1.00 e. The number of allylic oxidation sites excluding steroid dienone is 5. The van der Waals surface area contributed by atoms with Crippen molar-refractivity contribution in [1.82, 2.24) is 0 Å². The van der Waals surface area contributed by atoms with Crippen LogP contribution in [-0.4, -0.2) is 23.9 Å². The summed E-state index contributed by atoms with van der Waals surface area (Å²) < 4.78 is 36.2. The molecule has 3 rings (SSSR count). The molecule has 0 bridgehead atoms. The molecule has 0 spiro atoms. The average molecular weight is 461 g/mol. The number of hydrogen-bond acceptors (Lipinski definition) is 5. The zero-order valence-corrected chi connectivity index (χ0v) is 21.8. The van der Waals surface area contributed by atoms with Crippen LogP contribution >= 0.6 is 0 Å². The second-order valence-corrected chi connectivity index (χ2v) is 8.96. The average Bonchev–Trinajstić information content (AvgIpc) is 2.72. The van der Waals surface area contributed by atoms with Gasteiger partial charge >= 0.3 is 29.6 Å². The second-order valence-electron chi connectivity index (χ2n) is 7.61. The van der Waals surface area contributed by atoms with Gasteiger partial charge in [0.2, 0.25) is 0 Å². The number of benzene rings is 2. The first-order valence-electron chi connectivity index (χ1n) is 10.1. The van der Waals surface area contributed by atoms with Crippen molar-refractivity contribution in [2.24, 2.45) is 0 Å². The zero-order valence-electron chi connectivity index (χ0n) is 19.0. The van der Waals surface area contributed by atoms with Crippen LogP contribution in [0.3, 0.4) is 0 Å². The quantitative estimate of drug-likeness (QED) is 0.543. The van der Waals surface area contributed by atoms with E-state index in [1.165, 1.54) is 12.1 Å². The molecule has 2 aromatic rings. The van der Waals surface area contributed by atoms with Gasteiger partial charge in [0.05, 0.1) is 4.90 Å². The molecule has 0 saturated carbocycles. The summed E-state index contributed by atoms with van der Waals surface area (Å²) in [6.07, 6.45) is 4.58. The molecule has 0 saturated heterocycles. The number of phenolic OH excluding ortho intramolecular Hbond substituents is 1. The van der Waals surface area contributed by atoms with E-state index in [4.69, 9.17) is 0 Å². The summed E-state index contributed by atoms with van der Waals surface area (Å²) in [6, 6.07) is 9.64. The molecule has 1 aliphatic carbocycles. The Morgan fingerprint density at radius 2 is 1.69 bits per heavy atom. The summed E-state index contributed by atoms with van der Waals surface area (Å²) in [5, 5.41) is 10.4. The van der Waals surface area contributed by atoms with Gasteiger partial charge in [-0.1, -0.05) is 32.0 Å². The minimum Gasteiger partial charge on any atom is -0.744 e. The van der Waals surface area contributed by atoms with Crippen molar-refractivity contribution in [2.75, 3.05) is 0 Å². The summed E-state index contributed by atoms with van der Waals surface area (Å²) in [6.45, 7) is 7.29. The molecule has 0 atom stereocenters. The Hall–Kier alpha value is -1.96. The van der Waals surface area contributed by atoms with Gasteiger partial charge in [-0.3, -0.25) is 4.79 Å². The Morgan fingerprint density at radius 3 is 2.28 bits per heavy atom. The molecule has 0 aliphatic heterocycles. The van der Waals surface area contributed by atoms with E-state index in [9.17, 15) is 22.9 Å². The van der Waals surface area contributed by atoms with Crippen LogP contribution in [0.2, 0.25) is 0 Å². The topological polar surface area (TPSA) is 94.5 Å². The summed E-state index contributed by atoms with van der Waals surface area (Å²) in [5.74, 6) is 0.141. The number of hydrogen-bond donors (Lipinski definition) is 1. The van der Waals surface area contributed by atoms with Gasteiger partial charge in [0.1, 0.15) is 15.9 Å². The third kappa shape index (κ3) is 5.16. The van der Waals surface area contributed by atoms with Gasteiger partial charge in [0.25, 0.3) is 0 Å². The van der Waals surface area contributed by atoms with E-state index in [0.29, 0.717) is 51.8 Å². The fourth-order valence-corrected chi connectivity index (χ4v) is 4.57. The van der Waals surface area contributed by atoms with Crippen molar-refractivity contribution in [3.8, 4) is 5.75 Å². The Labute approximate surface area is 211 Å². The van der Waals surface area contributed by atoms with Crippen LogP contribution in [0.25, 0.3) is 5.57 Å². The predicted molar refractivity (Wildman–Crippen MR) is 120 cm³/mol. The Morgan fingerprint density at radius 1 is 1.03 bits per heavy atom.